The summed E-state index contributed by atoms with van der Waals surface area (Å²) in [6.07, 6.45) is 0. The molecule has 1 aromatic carbocycles. The highest BCUT2D eigenvalue weighted by Gasteiger charge is 2.13. The Labute approximate surface area is 142 Å². The molecule has 0 unspecified atom stereocenters. The first-order valence-electron chi connectivity index (χ1n) is 6.97. The maximum absolute atomic E-state index is 12.1. The topological polar surface area (TPSA) is 113 Å². The van der Waals surface area contributed by atoms with Gasteiger partial charge in [-0.25, -0.2) is 5.10 Å². The van der Waals surface area contributed by atoms with E-state index in [9.17, 15) is 14.4 Å². The van der Waals surface area contributed by atoms with Crippen LogP contribution in [0.25, 0.3) is 0 Å². The van der Waals surface area contributed by atoms with Crippen LogP contribution in [0.15, 0.2) is 35.1 Å². The monoisotopic (exact) mass is 350 g/mol. The lowest BCUT2D eigenvalue weighted by Crippen LogP contribution is -2.35. The summed E-state index contributed by atoms with van der Waals surface area (Å²) in [7, 11) is 1.46. The number of aromatic amines is 1. The van der Waals surface area contributed by atoms with E-state index in [-0.39, 0.29) is 24.7 Å². The molecule has 0 saturated carbocycles. The van der Waals surface area contributed by atoms with Gasteiger partial charge in [0.15, 0.2) is 0 Å². The van der Waals surface area contributed by atoms with Crippen molar-refractivity contribution in [3.63, 3.8) is 0 Å². The van der Waals surface area contributed by atoms with Gasteiger partial charge in [0.2, 0.25) is 0 Å². The summed E-state index contributed by atoms with van der Waals surface area (Å²) >= 11 is 5.87. The van der Waals surface area contributed by atoms with Gasteiger partial charge in [0, 0.05) is 24.2 Å². The predicted octanol–water partition coefficient (Wildman–Crippen LogP) is 0.592. The van der Waals surface area contributed by atoms with E-state index in [1.54, 1.807) is 12.1 Å². The van der Waals surface area contributed by atoms with E-state index in [1.165, 1.54) is 25.3 Å². The Balaban J connectivity index is 1.85. The summed E-state index contributed by atoms with van der Waals surface area (Å²) in [5.41, 5.74) is -0.00894. The normalized spacial score (nSPS) is 10.1. The Bertz CT molecular complexity index is 786. The first-order chi connectivity index (χ1) is 11.5. The zero-order chi connectivity index (χ0) is 17.5. The average Bonchev–Trinajstić information content (AvgIpc) is 2.58. The Hall–Kier alpha value is -2.87. The molecule has 0 radical (unpaired) electrons. The molecule has 126 valence electrons. The van der Waals surface area contributed by atoms with Crippen molar-refractivity contribution in [3.05, 3.63) is 57.0 Å². The highest BCUT2D eigenvalue weighted by Crippen LogP contribution is 2.22. The predicted molar refractivity (Wildman–Crippen MR) is 87.5 cm³/mol. The van der Waals surface area contributed by atoms with Gasteiger partial charge < -0.3 is 15.4 Å². The molecule has 0 atom stereocenters. The lowest BCUT2D eigenvalue weighted by Gasteiger charge is -2.10. The van der Waals surface area contributed by atoms with E-state index in [2.05, 4.69) is 20.8 Å². The van der Waals surface area contributed by atoms with Crippen LogP contribution in [-0.2, 0) is 0 Å². The van der Waals surface area contributed by atoms with E-state index >= 15 is 0 Å². The summed E-state index contributed by atoms with van der Waals surface area (Å²) in [5.74, 6) is -0.426. The van der Waals surface area contributed by atoms with Gasteiger partial charge in [-0.1, -0.05) is 11.6 Å². The molecule has 0 aliphatic rings. The number of hydrogen-bond acceptors (Lipinski definition) is 5. The average molecular weight is 351 g/mol. The number of carbonyl (C=O) groups is 2. The summed E-state index contributed by atoms with van der Waals surface area (Å²) in [6, 6.07) is 7.23. The van der Waals surface area contributed by atoms with Crippen LogP contribution < -0.4 is 20.9 Å². The third kappa shape index (κ3) is 4.56. The molecule has 1 aromatic heterocycles. The Kier molecular flexibility index (Phi) is 5.91. The van der Waals surface area contributed by atoms with Crippen LogP contribution in [0.5, 0.6) is 5.75 Å². The number of H-pyrrole nitrogens is 1. The minimum Gasteiger partial charge on any atom is -0.496 e. The number of methoxy groups -OCH3 is 1. The summed E-state index contributed by atoms with van der Waals surface area (Å²) in [6.45, 7) is 0.387. The highest BCUT2D eigenvalue weighted by molar-refractivity contribution is 6.31. The number of ether oxygens (including phenoxy) is 1. The molecule has 24 heavy (non-hydrogen) atoms. The molecule has 2 aromatic rings. The maximum Gasteiger partial charge on any atom is 0.271 e. The zero-order valence-corrected chi connectivity index (χ0v) is 13.5. The number of halogens is 1. The number of rotatable bonds is 6. The van der Waals surface area contributed by atoms with Crippen molar-refractivity contribution in [2.75, 3.05) is 20.2 Å². The first kappa shape index (κ1) is 17.5. The van der Waals surface area contributed by atoms with Gasteiger partial charge in [-0.2, -0.15) is 5.10 Å². The second-order valence-corrected chi connectivity index (χ2v) is 5.10. The minimum absolute atomic E-state index is 0.0810. The van der Waals surface area contributed by atoms with Gasteiger partial charge >= 0.3 is 0 Å². The van der Waals surface area contributed by atoms with E-state index < -0.39 is 11.5 Å². The van der Waals surface area contributed by atoms with Crippen molar-refractivity contribution in [3.8, 4) is 5.75 Å². The molecule has 9 heteroatoms. The lowest BCUT2D eigenvalue weighted by molar-refractivity contribution is 0.0923. The molecule has 3 N–H and O–H groups in total. The van der Waals surface area contributed by atoms with Crippen LogP contribution in [-0.4, -0.2) is 42.2 Å². The van der Waals surface area contributed by atoms with Gasteiger partial charge in [-0.05, 0) is 24.3 Å². The molecule has 0 aliphatic heterocycles. The van der Waals surface area contributed by atoms with Crippen LogP contribution in [0.3, 0.4) is 0 Å². The van der Waals surface area contributed by atoms with Gasteiger partial charge in [-0.15, -0.1) is 0 Å². The van der Waals surface area contributed by atoms with Gasteiger partial charge in [0.1, 0.15) is 11.4 Å². The first-order valence-corrected chi connectivity index (χ1v) is 7.34. The lowest BCUT2D eigenvalue weighted by atomic mass is 10.2. The minimum atomic E-state index is -0.458. The maximum atomic E-state index is 12.1. The van der Waals surface area contributed by atoms with Crippen LogP contribution in [0.4, 0.5) is 0 Å². The highest BCUT2D eigenvalue weighted by atomic mass is 35.5. The molecular weight excluding hydrogens is 336 g/mol. The number of benzene rings is 1. The molecule has 0 fully saturated rings. The Morgan fingerprint density at radius 3 is 2.50 bits per heavy atom. The molecule has 2 amide bonds. The SMILES string of the molecule is COc1ccc(Cl)cc1C(=O)NCCNC(=O)c1ccc(=O)[nH]n1. The standard InChI is InChI=1S/C15H15ClN4O4/c1-24-12-4-2-9(16)8-10(12)14(22)17-6-7-18-15(23)11-3-5-13(21)20-19-11/h2-5,8H,6-7H2,1H3,(H,17,22)(H,18,23)(H,20,21). The summed E-state index contributed by atoms with van der Waals surface area (Å²) in [5, 5.41) is 11.4. The number of carbonyl (C=O) groups excluding carboxylic acids is 2. The molecule has 0 aliphatic carbocycles. The summed E-state index contributed by atoms with van der Waals surface area (Å²) < 4.78 is 5.11. The number of aromatic nitrogens is 2. The fraction of sp³-hybridized carbons (Fsp3) is 0.200. The van der Waals surface area contributed by atoms with Crippen molar-refractivity contribution >= 4 is 23.4 Å². The van der Waals surface area contributed by atoms with Crippen molar-refractivity contribution in [1.29, 1.82) is 0 Å². The fourth-order valence-electron chi connectivity index (χ4n) is 1.87. The van der Waals surface area contributed by atoms with Crippen molar-refractivity contribution in [1.82, 2.24) is 20.8 Å². The molecule has 8 nitrogen and oxygen atoms in total. The smallest absolute Gasteiger partial charge is 0.271 e. The van der Waals surface area contributed by atoms with Crippen molar-refractivity contribution in [2.45, 2.75) is 0 Å². The molecule has 0 spiro atoms. The largest absolute Gasteiger partial charge is 0.496 e. The van der Waals surface area contributed by atoms with E-state index in [0.717, 1.165) is 0 Å². The molecule has 1 heterocycles. The van der Waals surface area contributed by atoms with E-state index in [1.807, 2.05) is 0 Å². The third-order valence-corrected chi connectivity index (χ3v) is 3.25. The van der Waals surface area contributed by atoms with Crippen LogP contribution in [0, 0.1) is 0 Å². The van der Waals surface area contributed by atoms with Crippen molar-refractivity contribution < 1.29 is 14.3 Å². The number of hydrogen-bond donors (Lipinski definition) is 3. The fourth-order valence-corrected chi connectivity index (χ4v) is 2.04. The van der Waals surface area contributed by atoms with Gasteiger partial charge in [-0.3, -0.25) is 14.4 Å². The third-order valence-electron chi connectivity index (χ3n) is 3.01. The van der Waals surface area contributed by atoms with Gasteiger partial charge in [0.05, 0.1) is 12.7 Å². The molecular formula is C15H15ClN4O4. The number of amides is 2. The van der Waals surface area contributed by atoms with Crippen LogP contribution in [0.1, 0.15) is 20.8 Å². The van der Waals surface area contributed by atoms with Gasteiger partial charge in [0.25, 0.3) is 17.4 Å². The molecule has 0 bridgehead atoms. The second-order valence-electron chi connectivity index (χ2n) is 4.66. The van der Waals surface area contributed by atoms with Crippen LogP contribution in [0.2, 0.25) is 5.02 Å². The molecule has 2 rings (SSSR count). The Morgan fingerprint density at radius 1 is 1.17 bits per heavy atom. The van der Waals surface area contributed by atoms with E-state index in [0.29, 0.717) is 16.3 Å². The number of nitrogens with zero attached hydrogens (tertiary/aromatic N) is 1. The summed E-state index contributed by atoms with van der Waals surface area (Å²) in [4.78, 5) is 34.8. The molecule has 0 saturated heterocycles. The number of nitrogens with one attached hydrogen (secondary N) is 3. The second kappa shape index (κ2) is 8.11. The van der Waals surface area contributed by atoms with Crippen LogP contribution >= 0.6 is 11.6 Å². The van der Waals surface area contributed by atoms with Crippen molar-refractivity contribution in [2.24, 2.45) is 0 Å². The Morgan fingerprint density at radius 2 is 1.88 bits per heavy atom. The zero-order valence-electron chi connectivity index (χ0n) is 12.8. The van der Waals surface area contributed by atoms with E-state index in [4.69, 9.17) is 16.3 Å². The quantitative estimate of drug-likeness (QED) is 0.660.